The lowest BCUT2D eigenvalue weighted by molar-refractivity contribution is -0.384. The number of hydrogen-bond acceptors (Lipinski definition) is 9. The van der Waals surface area contributed by atoms with Gasteiger partial charge in [0.2, 0.25) is 11.8 Å². The number of anilines is 3. The number of imidazole rings is 1. The molecule has 148 valence electrons. The topological polar surface area (TPSA) is 140 Å². The van der Waals surface area contributed by atoms with Crippen molar-refractivity contribution in [2.24, 2.45) is 0 Å². The smallest absolute Gasteiger partial charge is 0.311 e. The molecule has 0 radical (unpaired) electrons. The van der Waals surface area contributed by atoms with Crippen LogP contribution in [0.1, 0.15) is 5.69 Å². The normalized spacial score (nSPS) is 11.1. The molecule has 0 bridgehead atoms. The van der Waals surface area contributed by atoms with Crippen LogP contribution in [0, 0.1) is 10.1 Å². The zero-order chi connectivity index (χ0) is 20.3. The van der Waals surface area contributed by atoms with Gasteiger partial charge >= 0.3 is 5.69 Å². The van der Waals surface area contributed by atoms with Crippen molar-refractivity contribution in [3.05, 3.63) is 45.4 Å². The average molecular weight is 406 g/mol. The van der Waals surface area contributed by atoms with Crippen LogP contribution in [-0.4, -0.2) is 56.4 Å². The van der Waals surface area contributed by atoms with Crippen molar-refractivity contribution in [1.29, 1.82) is 0 Å². The molecule has 3 aromatic heterocycles. The van der Waals surface area contributed by atoms with E-state index in [1.54, 1.807) is 6.07 Å². The third-order valence-electron chi connectivity index (χ3n) is 3.76. The number of halogens is 1. The lowest BCUT2D eigenvalue weighted by Gasteiger charge is -2.10. The molecular formula is C16H20ClN9O2. The van der Waals surface area contributed by atoms with Crippen LogP contribution < -0.4 is 16.4 Å². The van der Waals surface area contributed by atoms with E-state index in [-0.39, 0.29) is 11.5 Å². The van der Waals surface area contributed by atoms with E-state index in [2.05, 4.69) is 25.6 Å². The van der Waals surface area contributed by atoms with E-state index in [4.69, 9.17) is 17.3 Å². The first-order valence-corrected chi connectivity index (χ1v) is 8.79. The van der Waals surface area contributed by atoms with Gasteiger partial charge in [-0.05, 0) is 20.2 Å². The Morgan fingerprint density at radius 3 is 2.68 bits per heavy atom. The monoisotopic (exact) mass is 405 g/mol. The highest BCUT2D eigenvalue weighted by Crippen LogP contribution is 2.20. The molecule has 0 saturated heterocycles. The molecule has 28 heavy (non-hydrogen) atoms. The maximum absolute atomic E-state index is 10.8. The molecule has 3 rings (SSSR count). The Hall–Kier alpha value is -3.18. The van der Waals surface area contributed by atoms with Crippen LogP contribution >= 0.6 is 11.6 Å². The second-order valence-corrected chi connectivity index (χ2v) is 6.70. The van der Waals surface area contributed by atoms with Gasteiger partial charge in [0.25, 0.3) is 0 Å². The highest BCUT2D eigenvalue weighted by atomic mass is 35.5. The fraction of sp³-hybridized carbons (Fsp3) is 0.312. The predicted molar refractivity (Wildman–Crippen MR) is 108 cm³/mol. The van der Waals surface area contributed by atoms with Crippen molar-refractivity contribution in [1.82, 2.24) is 24.3 Å². The Kier molecular flexibility index (Phi) is 5.76. The fourth-order valence-electron chi connectivity index (χ4n) is 2.62. The minimum Gasteiger partial charge on any atom is -0.378 e. The van der Waals surface area contributed by atoms with Gasteiger partial charge in [-0.25, -0.2) is 15.0 Å². The zero-order valence-electron chi connectivity index (χ0n) is 15.4. The van der Waals surface area contributed by atoms with E-state index < -0.39 is 4.92 Å². The van der Waals surface area contributed by atoms with E-state index in [0.717, 1.165) is 5.69 Å². The molecule has 0 aliphatic heterocycles. The van der Waals surface area contributed by atoms with E-state index in [9.17, 15) is 10.1 Å². The molecule has 3 aromatic rings. The second-order valence-electron chi connectivity index (χ2n) is 6.31. The predicted octanol–water partition coefficient (Wildman–Crippen LogP) is 1.85. The molecule has 0 aliphatic carbocycles. The van der Waals surface area contributed by atoms with Crippen molar-refractivity contribution in [2.45, 2.75) is 6.54 Å². The Bertz CT molecular complexity index is 1010. The van der Waals surface area contributed by atoms with Crippen LogP contribution in [0.15, 0.2) is 24.4 Å². The summed E-state index contributed by atoms with van der Waals surface area (Å²) in [5.74, 6) is 0.885. The highest BCUT2D eigenvalue weighted by Gasteiger charge is 2.13. The Labute approximate surface area is 165 Å². The first-order valence-electron chi connectivity index (χ1n) is 8.41. The van der Waals surface area contributed by atoms with Gasteiger partial charge in [0.15, 0.2) is 0 Å². The number of nitrogens with one attached hydrogen (secondary N) is 2. The number of rotatable bonds is 8. The molecule has 4 N–H and O–H groups in total. The van der Waals surface area contributed by atoms with Crippen LogP contribution in [0.2, 0.25) is 5.15 Å². The number of pyridine rings is 1. The van der Waals surface area contributed by atoms with Crippen molar-refractivity contribution in [3.8, 4) is 0 Å². The molecular weight excluding hydrogens is 386 g/mol. The Morgan fingerprint density at radius 1 is 1.25 bits per heavy atom. The summed E-state index contributed by atoms with van der Waals surface area (Å²) < 4.78 is 1.84. The quantitative estimate of drug-likeness (QED) is 0.221. The first-order chi connectivity index (χ1) is 13.3. The molecule has 0 spiro atoms. The van der Waals surface area contributed by atoms with Gasteiger partial charge in [-0.3, -0.25) is 14.5 Å². The summed E-state index contributed by atoms with van der Waals surface area (Å²) in [7, 11) is 3.94. The molecule has 0 aromatic carbocycles. The van der Waals surface area contributed by atoms with Crippen molar-refractivity contribution in [2.75, 3.05) is 43.6 Å². The maximum atomic E-state index is 10.8. The Balaban J connectivity index is 1.64. The molecule has 0 saturated carbocycles. The number of nitro groups is 1. The van der Waals surface area contributed by atoms with Crippen molar-refractivity contribution < 1.29 is 4.92 Å². The molecule has 3 heterocycles. The van der Waals surface area contributed by atoms with Gasteiger partial charge in [-0.2, -0.15) is 0 Å². The van der Waals surface area contributed by atoms with Gasteiger partial charge in [-0.15, -0.1) is 0 Å². The van der Waals surface area contributed by atoms with Crippen molar-refractivity contribution >= 4 is 40.5 Å². The summed E-state index contributed by atoms with van der Waals surface area (Å²) in [6.07, 6.45) is 1.91. The minimum atomic E-state index is -0.570. The summed E-state index contributed by atoms with van der Waals surface area (Å²) in [4.78, 5) is 25.1. The van der Waals surface area contributed by atoms with Crippen molar-refractivity contribution in [3.63, 3.8) is 0 Å². The van der Waals surface area contributed by atoms with Crippen LogP contribution in [-0.2, 0) is 6.54 Å². The first kappa shape index (κ1) is 19.6. The van der Waals surface area contributed by atoms with Gasteiger partial charge < -0.3 is 21.3 Å². The van der Waals surface area contributed by atoms with Crippen LogP contribution in [0.4, 0.5) is 23.3 Å². The molecule has 0 aliphatic rings. The average Bonchev–Trinajstić information content (AvgIpc) is 2.99. The van der Waals surface area contributed by atoms with Crippen LogP contribution in [0.25, 0.3) is 5.65 Å². The maximum Gasteiger partial charge on any atom is 0.311 e. The summed E-state index contributed by atoms with van der Waals surface area (Å²) in [6, 6.07) is 4.53. The van der Waals surface area contributed by atoms with E-state index in [1.807, 2.05) is 29.6 Å². The third kappa shape index (κ3) is 4.56. The van der Waals surface area contributed by atoms with Crippen LogP contribution in [0.3, 0.4) is 0 Å². The fourth-order valence-corrected chi connectivity index (χ4v) is 2.80. The zero-order valence-corrected chi connectivity index (χ0v) is 16.1. The van der Waals surface area contributed by atoms with E-state index in [0.29, 0.717) is 42.2 Å². The molecule has 12 heteroatoms. The summed E-state index contributed by atoms with van der Waals surface area (Å²) in [6.45, 7) is 1.69. The third-order valence-corrected chi connectivity index (χ3v) is 3.96. The molecule has 0 atom stereocenters. The van der Waals surface area contributed by atoms with Crippen LogP contribution in [0.5, 0.6) is 0 Å². The number of nitrogen functional groups attached to an aromatic ring is 1. The number of fused-ring (bicyclic) bond motifs is 1. The van der Waals surface area contributed by atoms with E-state index >= 15 is 0 Å². The largest absolute Gasteiger partial charge is 0.378 e. The van der Waals surface area contributed by atoms with Gasteiger partial charge in [-0.1, -0.05) is 11.6 Å². The van der Waals surface area contributed by atoms with E-state index in [1.165, 1.54) is 12.1 Å². The lowest BCUT2D eigenvalue weighted by Crippen LogP contribution is -2.17. The SMILES string of the molecule is CN(C)Cc1cn2c(NCCNc3ccc([N+](=O)[O-])c(N)n3)nc(Cl)cc2n1. The van der Waals surface area contributed by atoms with Gasteiger partial charge in [0.1, 0.15) is 16.6 Å². The molecule has 0 amide bonds. The molecule has 0 fully saturated rings. The number of nitrogens with zero attached hydrogens (tertiary/aromatic N) is 6. The highest BCUT2D eigenvalue weighted by molar-refractivity contribution is 6.29. The number of hydrogen-bond donors (Lipinski definition) is 3. The molecule has 0 unspecified atom stereocenters. The number of nitrogens with two attached hydrogens (primary N) is 1. The number of aromatic nitrogens is 4. The summed E-state index contributed by atoms with van der Waals surface area (Å²) >= 11 is 6.10. The summed E-state index contributed by atoms with van der Waals surface area (Å²) in [5.41, 5.74) is 6.98. The molecule has 11 nitrogen and oxygen atoms in total. The lowest BCUT2D eigenvalue weighted by atomic mass is 10.4. The summed E-state index contributed by atoms with van der Waals surface area (Å²) in [5, 5.41) is 17.4. The Morgan fingerprint density at radius 2 is 2.00 bits per heavy atom. The second kappa shape index (κ2) is 8.23. The van der Waals surface area contributed by atoms with Gasteiger partial charge in [0.05, 0.1) is 10.6 Å². The minimum absolute atomic E-state index is 0.131. The standard InChI is InChI=1S/C16H20ClN9O2/c1-24(2)8-10-9-25-14(21-10)7-12(17)22-16(25)20-6-5-19-13-4-3-11(26(27)28)15(18)23-13/h3-4,7,9H,5-6,8H2,1-2H3,(H,20,22)(H3,18,19,23). The van der Waals surface area contributed by atoms with Gasteiger partial charge in [0, 0.05) is 38.0 Å².